The lowest BCUT2D eigenvalue weighted by molar-refractivity contribution is -0.137. The lowest BCUT2D eigenvalue weighted by Gasteiger charge is -2.25. The molecule has 28 heavy (non-hydrogen) atoms. The molecule has 148 valence electrons. The molecule has 0 spiro atoms. The molecule has 0 aromatic heterocycles. The van der Waals surface area contributed by atoms with Gasteiger partial charge in [0.1, 0.15) is 23.5 Å². The number of rotatable bonds is 4. The number of methoxy groups -OCH3 is 1. The number of alkyl halides is 3. The van der Waals surface area contributed by atoms with Crippen molar-refractivity contribution in [2.75, 3.05) is 23.9 Å². The van der Waals surface area contributed by atoms with Gasteiger partial charge in [0.05, 0.1) is 18.4 Å². The maximum Gasteiger partial charge on any atom is 0.416 e. The Morgan fingerprint density at radius 2 is 1.96 bits per heavy atom. The van der Waals surface area contributed by atoms with Gasteiger partial charge in [0, 0.05) is 11.8 Å². The molecule has 0 radical (unpaired) electrons. The highest BCUT2D eigenvalue weighted by Crippen LogP contribution is 2.36. The van der Waals surface area contributed by atoms with Crippen molar-refractivity contribution in [3.05, 3.63) is 48.0 Å². The molecule has 0 bridgehead atoms. The summed E-state index contributed by atoms with van der Waals surface area (Å²) < 4.78 is 71.4. The van der Waals surface area contributed by atoms with Gasteiger partial charge in [0.25, 0.3) is 10.0 Å². The molecule has 1 heterocycles. The monoisotopic (exact) mass is 413 g/mol. The van der Waals surface area contributed by atoms with Crippen molar-refractivity contribution in [3.63, 3.8) is 0 Å². The molecule has 2 aromatic rings. The highest BCUT2D eigenvalue weighted by Gasteiger charge is 2.34. The van der Waals surface area contributed by atoms with E-state index in [1.165, 1.54) is 7.11 Å². The average Bonchev–Trinajstić information content (AvgIpc) is 2.63. The Kier molecular flexibility index (Phi) is 5.02. The van der Waals surface area contributed by atoms with E-state index in [9.17, 15) is 26.4 Å². The molecule has 0 saturated carbocycles. The van der Waals surface area contributed by atoms with Gasteiger partial charge in [-0.2, -0.15) is 21.6 Å². The number of amides is 1. The van der Waals surface area contributed by atoms with E-state index < -0.39 is 39.1 Å². The third-order valence-corrected chi connectivity index (χ3v) is 5.14. The molecule has 1 amide bonds. The summed E-state index contributed by atoms with van der Waals surface area (Å²) in [5.41, 5.74) is -0.893. The number of anilines is 2. The van der Waals surface area contributed by atoms with E-state index in [1.807, 2.05) is 0 Å². The number of nitrogens with one attached hydrogen (secondary N) is 1. The standard InChI is InChI=1S/C17H14F3N3O4S/c1-27-13-4-2-3-12(8-13)22-16(24)9-23-10-21-28(25,26)15-6-5-11(7-14(15)23)17(18,19)20/h2-8,10H,9H2,1H3,(H,22,24). The van der Waals surface area contributed by atoms with Crippen LogP contribution in [0.2, 0.25) is 0 Å². The second-order valence-corrected chi connectivity index (χ2v) is 7.39. The molecule has 11 heteroatoms. The minimum absolute atomic E-state index is 0.273. The van der Waals surface area contributed by atoms with Crippen LogP contribution in [0.25, 0.3) is 0 Å². The maximum atomic E-state index is 13.0. The van der Waals surface area contributed by atoms with E-state index in [0.717, 1.165) is 17.3 Å². The van der Waals surface area contributed by atoms with Crippen molar-refractivity contribution >= 4 is 33.6 Å². The van der Waals surface area contributed by atoms with Crippen molar-refractivity contribution in [2.45, 2.75) is 11.1 Å². The van der Waals surface area contributed by atoms with Crippen LogP contribution in [0.1, 0.15) is 5.56 Å². The van der Waals surface area contributed by atoms with Crippen LogP contribution < -0.4 is 15.0 Å². The Balaban J connectivity index is 1.87. The van der Waals surface area contributed by atoms with E-state index in [2.05, 4.69) is 9.71 Å². The minimum atomic E-state index is -4.66. The molecule has 0 atom stereocenters. The number of carbonyl (C=O) groups is 1. The van der Waals surface area contributed by atoms with Gasteiger partial charge in [-0.1, -0.05) is 6.07 Å². The minimum Gasteiger partial charge on any atom is -0.497 e. The molecule has 3 rings (SSSR count). The van der Waals surface area contributed by atoms with Gasteiger partial charge in [0.2, 0.25) is 5.91 Å². The largest absolute Gasteiger partial charge is 0.497 e. The fraction of sp³-hybridized carbons (Fsp3) is 0.176. The summed E-state index contributed by atoms with van der Waals surface area (Å²) in [7, 11) is -2.67. The summed E-state index contributed by atoms with van der Waals surface area (Å²) in [5, 5.41) is 2.57. The number of carbonyl (C=O) groups excluding carboxylic acids is 1. The zero-order valence-electron chi connectivity index (χ0n) is 14.4. The van der Waals surface area contributed by atoms with Gasteiger partial charge in [-0.15, -0.1) is 4.40 Å². The summed E-state index contributed by atoms with van der Waals surface area (Å²) in [4.78, 5) is 12.9. The highest BCUT2D eigenvalue weighted by atomic mass is 32.2. The second-order valence-electron chi connectivity index (χ2n) is 5.78. The van der Waals surface area contributed by atoms with Crippen LogP contribution in [0, 0.1) is 0 Å². The third kappa shape index (κ3) is 4.09. The highest BCUT2D eigenvalue weighted by molar-refractivity contribution is 7.90. The van der Waals surface area contributed by atoms with Crippen LogP contribution in [0.4, 0.5) is 24.5 Å². The number of ether oxygens (including phenoxy) is 1. The van der Waals surface area contributed by atoms with Gasteiger partial charge < -0.3 is 15.0 Å². The van der Waals surface area contributed by atoms with Crippen molar-refractivity contribution < 1.29 is 31.1 Å². The Bertz CT molecular complexity index is 1050. The van der Waals surface area contributed by atoms with Gasteiger partial charge in [-0.3, -0.25) is 4.79 Å². The van der Waals surface area contributed by atoms with Crippen molar-refractivity contribution in [1.29, 1.82) is 0 Å². The Labute approximate surface area is 158 Å². The van der Waals surface area contributed by atoms with Crippen LogP contribution in [-0.2, 0) is 21.0 Å². The van der Waals surface area contributed by atoms with Crippen LogP contribution >= 0.6 is 0 Å². The van der Waals surface area contributed by atoms with Crippen LogP contribution in [-0.4, -0.2) is 34.3 Å². The fourth-order valence-electron chi connectivity index (χ4n) is 2.56. The first-order valence-corrected chi connectivity index (χ1v) is 9.26. The predicted molar refractivity (Wildman–Crippen MR) is 96.1 cm³/mol. The summed E-state index contributed by atoms with van der Waals surface area (Å²) in [6, 6.07) is 8.65. The fourth-order valence-corrected chi connectivity index (χ4v) is 3.59. The average molecular weight is 413 g/mol. The molecule has 1 aliphatic heterocycles. The zero-order chi connectivity index (χ0) is 20.5. The first kappa shape index (κ1) is 19.7. The molecule has 1 N–H and O–H groups in total. The first-order valence-electron chi connectivity index (χ1n) is 7.82. The Morgan fingerprint density at radius 1 is 1.21 bits per heavy atom. The topological polar surface area (TPSA) is 88.1 Å². The molecule has 7 nitrogen and oxygen atoms in total. The van der Waals surface area contributed by atoms with E-state index in [-0.39, 0.29) is 5.69 Å². The van der Waals surface area contributed by atoms with Crippen LogP contribution in [0.5, 0.6) is 5.75 Å². The van der Waals surface area contributed by atoms with Gasteiger partial charge in [-0.05, 0) is 30.3 Å². The molecule has 0 aliphatic carbocycles. The maximum absolute atomic E-state index is 13.0. The van der Waals surface area contributed by atoms with E-state index in [0.29, 0.717) is 23.6 Å². The summed E-state index contributed by atoms with van der Waals surface area (Å²) in [6.07, 6.45) is -3.84. The van der Waals surface area contributed by atoms with E-state index in [4.69, 9.17) is 4.74 Å². The van der Waals surface area contributed by atoms with Crippen molar-refractivity contribution in [2.24, 2.45) is 4.40 Å². The first-order chi connectivity index (χ1) is 13.1. The van der Waals surface area contributed by atoms with Crippen molar-refractivity contribution in [3.8, 4) is 5.75 Å². The zero-order valence-corrected chi connectivity index (χ0v) is 15.2. The Morgan fingerprint density at radius 3 is 2.64 bits per heavy atom. The number of sulfonamides is 1. The van der Waals surface area contributed by atoms with Gasteiger partial charge in [-0.25, -0.2) is 0 Å². The summed E-state index contributed by atoms with van der Waals surface area (Å²) in [6.45, 7) is -0.440. The number of nitrogens with zero attached hydrogens (tertiary/aromatic N) is 2. The number of benzene rings is 2. The third-order valence-electron chi connectivity index (χ3n) is 3.87. The molecule has 1 aliphatic rings. The SMILES string of the molecule is COc1cccc(NC(=O)CN2C=NS(=O)(=O)c3ccc(C(F)(F)F)cc32)c1. The number of fused-ring (bicyclic) bond motifs is 1. The second kappa shape index (κ2) is 7.15. The predicted octanol–water partition coefficient (Wildman–Crippen LogP) is 2.89. The lowest BCUT2D eigenvalue weighted by Crippen LogP contribution is -2.35. The molecular formula is C17H14F3N3O4S. The summed E-state index contributed by atoms with van der Waals surface area (Å²) >= 11 is 0. The number of hydrogen-bond acceptors (Lipinski definition) is 5. The normalized spacial score (nSPS) is 15.1. The van der Waals surface area contributed by atoms with Crippen molar-refractivity contribution in [1.82, 2.24) is 0 Å². The van der Waals surface area contributed by atoms with E-state index >= 15 is 0 Å². The summed E-state index contributed by atoms with van der Waals surface area (Å²) in [5.74, 6) is -0.0778. The molecule has 2 aromatic carbocycles. The molecule has 0 fully saturated rings. The molecular weight excluding hydrogens is 399 g/mol. The number of hydrogen-bond donors (Lipinski definition) is 1. The Hall–Kier alpha value is -3.08. The number of halogens is 3. The molecule has 0 saturated heterocycles. The molecule has 0 unspecified atom stereocenters. The van der Waals surface area contributed by atoms with Gasteiger partial charge >= 0.3 is 6.18 Å². The van der Waals surface area contributed by atoms with Gasteiger partial charge in [0.15, 0.2) is 0 Å². The lowest BCUT2D eigenvalue weighted by atomic mass is 10.2. The van der Waals surface area contributed by atoms with Crippen LogP contribution in [0.15, 0.2) is 51.8 Å². The quantitative estimate of drug-likeness (QED) is 0.833. The van der Waals surface area contributed by atoms with Crippen LogP contribution in [0.3, 0.4) is 0 Å². The van der Waals surface area contributed by atoms with E-state index in [1.54, 1.807) is 24.3 Å². The smallest absolute Gasteiger partial charge is 0.416 e.